The molecule has 2 rings (SSSR count). The zero-order chi connectivity index (χ0) is 34.9. The fraction of sp³-hybridized carbons (Fsp3) is 0.853. The highest BCUT2D eigenvalue weighted by atomic mass is 16.7. The first-order valence-electron chi connectivity index (χ1n) is 16.0. The van der Waals surface area contributed by atoms with Crippen LogP contribution in [0.5, 0.6) is 0 Å². The molecule has 2 fully saturated rings. The van der Waals surface area contributed by atoms with Crippen molar-refractivity contribution in [3.05, 3.63) is 0 Å². The number of carbonyl (C=O) groups excluding carboxylic acids is 5. The lowest BCUT2D eigenvalue weighted by atomic mass is 9.88. The van der Waals surface area contributed by atoms with Gasteiger partial charge in [0.25, 0.3) is 0 Å². The van der Waals surface area contributed by atoms with Crippen molar-refractivity contribution in [2.24, 2.45) is 27.6 Å². The van der Waals surface area contributed by atoms with Gasteiger partial charge in [-0.15, -0.1) is 0 Å². The van der Waals surface area contributed by atoms with Gasteiger partial charge in [-0.2, -0.15) is 0 Å². The van der Waals surface area contributed by atoms with E-state index in [1.807, 2.05) is 18.7 Å². The second-order valence-electron chi connectivity index (χ2n) is 16.8. The Morgan fingerprint density at radius 1 is 0.711 bits per heavy atom. The molecule has 0 aromatic rings. The van der Waals surface area contributed by atoms with E-state index in [2.05, 4.69) is 0 Å². The molecule has 2 saturated heterocycles. The van der Waals surface area contributed by atoms with Crippen LogP contribution < -0.4 is 0 Å². The van der Waals surface area contributed by atoms with Gasteiger partial charge in [0.05, 0.1) is 21.7 Å². The monoisotopic (exact) mass is 639 g/mol. The first kappa shape index (κ1) is 38.7. The minimum absolute atomic E-state index is 0.0148. The number of piperidine rings is 1. The van der Waals surface area contributed by atoms with Crippen LogP contribution in [0.1, 0.15) is 110 Å². The zero-order valence-corrected chi connectivity index (χ0v) is 29.9. The Bertz CT molecular complexity index is 1100. The van der Waals surface area contributed by atoms with Crippen molar-refractivity contribution in [3.63, 3.8) is 0 Å². The average Bonchev–Trinajstić information content (AvgIpc) is 2.87. The van der Waals surface area contributed by atoms with Gasteiger partial charge in [0.15, 0.2) is 24.5 Å². The molecule has 6 atom stereocenters. The lowest BCUT2D eigenvalue weighted by molar-refractivity contribution is -0.290. The van der Waals surface area contributed by atoms with Gasteiger partial charge in [-0.05, 0) is 89.0 Å². The molecule has 2 aliphatic heterocycles. The van der Waals surface area contributed by atoms with Crippen molar-refractivity contribution in [1.82, 2.24) is 4.90 Å². The van der Waals surface area contributed by atoms with Crippen molar-refractivity contribution in [3.8, 4) is 0 Å². The van der Waals surface area contributed by atoms with E-state index in [0.29, 0.717) is 6.54 Å². The van der Waals surface area contributed by atoms with E-state index in [-0.39, 0.29) is 37.2 Å². The van der Waals surface area contributed by atoms with Crippen LogP contribution in [0.3, 0.4) is 0 Å². The summed E-state index contributed by atoms with van der Waals surface area (Å²) >= 11 is 0. The van der Waals surface area contributed by atoms with E-state index in [1.165, 1.54) is 0 Å². The molecule has 11 nitrogen and oxygen atoms in total. The molecule has 0 aromatic heterocycles. The second-order valence-corrected chi connectivity index (χ2v) is 16.8. The molecule has 2 aliphatic rings. The summed E-state index contributed by atoms with van der Waals surface area (Å²) in [5, 5.41) is 0. The van der Waals surface area contributed by atoms with E-state index in [1.54, 1.807) is 83.1 Å². The van der Waals surface area contributed by atoms with Gasteiger partial charge in [-0.1, -0.05) is 13.8 Å². The smallest absolute Gasteiger partial charge is 0.311 e. The molecule has 6 unspecified atom stereocenters. The number of rotatable bonds is 7. The molecule has 0 saturated carbocycles. The summed E-state index contributed by atoms with van der Waals surface area (Å²) in [5.74, 6) is -2.18. The van der Waals surface area contributed by atoms with Crippen LogP contribution in [0.4, 0.5) is 0 Å². The molecule has 0 N–H and O–H groups in total. The predicted octanol–water partition coefficient (Wildman–Crippen LogP) is 4.86. The number of likely N-dealkylation sites (tertiary alicyclic amines) is 1. The molecular weight excluding hydrogens is 582 g/mol. The number of hydrogen-bond donors (Lipinski definition) is 0. The summed E-state index contributed by atoms with van der Waals surface area (Å²) < 4.78 is 30.7. The highest BCUT2D eigenvalue weighted by molar-refractivity contribution is 5.80. The van der Waals surface area contributed by atoms with E-state index in [4.69, 9.17) is 23.7 Å². The van der Waals surface area contributed by atoms with Crippen LogP contribution in [0.15, 0.2) is 0 Å². The van der Waals surface area contributed by atoms with Crippen LogP contribution in [0.2, 0.25) is 0 Å². The molecule has 2 heterocycles. The van der Waals surface area contributed by atoms with Gasteiger partial charge in [0.1, 0.15) is 18.5 Å². The van der Waals surface area contributed by atoms with Crippen molar-refractivity contribution in [1.29, 1.82) is 0 Å². The Morgan fingerprint density at radius 2 is 1.13 bits per heavy atom. The largest absolute Gasteiger partial charge is 0.462 e. The maximum Gasteiger partial charge on any atom is 0.311 e. The first-order chi connectivity index (χ1) is 20.2. The Kier molecular flexibility index (Phi) is 12.1. The summed E-state index contributed by atoms with van der Waals surface area (Å²) in [7, 11) is 0. The number of esters is 4. The van der Waals surface area contributed by atoms with Crippen LogP contribution in [0.25, 0.3) is 0 Å². The van der Waals surface area contributed by atoms with Crippen LogP contribution in [-0.4, -0.2) is 84.4 Å². The normalized spacial score (nSPS) is 27.1. The SMILES string of the molecule is CC(C)C1CC(=O)CCN1C1OC(COC(=O)C(C)(C)C)C(OC(=O)C(C)(C)C)C(OC(=O)C(C)(C)C)C1OC(=O)C(C)(C)C. The van der Waals surface area contributed by atoms with Gasteiger partial charge in [0.2, 0.25) is 0 Å². The third kappa shape index (κ3) is 10.2. The van der Waals surface area contributed by atoms with Gasteiger partial charge in [0, 0.05) is 25.4 Å². The summed E-state index contributed by atoms with van der Waals surface area (Å²) in [6, 6.07) is -0.280. The van der Waals surface area contributed by atoms with Gasteiger partial charge < -0.3 is 23.7 Å². The van der Waals surface area contributed by atoms with Crippen LogP contribution >= 0.6 is 0 Å². The summed E-state index contributed by atoms with van der Waals surface area (Å²) in [5.41, 5.74) is -3.67. The first-order valence-corrected chi connectivity index (χ1v) is 16.0. The fourth-order valence-corrected chi connectivity index (χ4v) is 4.78. The number of nitrogens with zero attached hydrogens (tertiary/aromatic N) is 1. The minimum atomic E-state index is -1.32. The Labute approximate surface area is 269 Å². The quantitative estimate of drug-likeness (QED) is 0.279. The average molecular weight is 640 g/mol. The lowest BCUT2D eigenvalue weighted by Crippen LogP contribution is -2.69. The van der Waals surface area contributed by atoms with Crippen LogP contribution in [0, 0.1) is 27.6 Å². The van der Waals surface area contributed by atoms with Gasteiger partial charge in [-0.25, -0.2) is 0 Å². The van der Waals surface area contributed by atoms with Crippen LogP contribution in [-0.2, 0) is 47.7 Å². The molecule has 0 amide bonds. The predicted molar refractivity (Wildman–Crippen MR) is 167 cm³/mol. The van der Waals surface area contributed by atoms with Crippen molar-refractivity contribution < 1.29 is 47.7 Å². The zero-order valence-electron chi connectivity index (χ0n) is 29.9. The van der Waals surface area contributed by atoms with Gasteiger partial charge in [-0.3, -0.25) is 28.9 Å². The van der Waals surface area contributed by atoms with Crippen molar-refractivity contribution >= 4 is 29.7 Å². The molecule has 0 spiro atoms. The summed E-state index contributed by atoms with van der Waals surface area (Å²) in [6.07, 6.45) is -5.47. The van der Waals surface area contributed by atoms with Gasteiger partial charge >= 0.3 is 23.9 Å². The molecule has 258 valence electrons. The number of hydrogen-bond acceptors (Lipinski definition) is 11. The molecule has 45 heavy (non-hydrogen) atoms. The van der Waals surface area contributed by atoms with E-state index < -0.39 is 76.2 Å². The number of ether oxygens (including phenoxy) is 5. The minimum Gasteiger partial charge on any atom is -0.462 e. The van der Waals surface area contributed by atoms with Crippen molar-refractivity contribution in [2.45, 2.75) is 146 Å². The van der Waals surface area contributed by atoms with Crippen molar-refractivity contribution in [2.75, 3.05) is 13.2 Å². The Balaban J connectivity index is 2.79. The molecule has 0 radical (unpaired) electrons. The maximum absolute atomic E-state index is 13.5. The number of Topliss-reactive ketones (excluding diaryl/α,β-unsaturated/α-hetero) is 1. The highest BCUT2D eigenvalue weighted by Gasteiger charge is 2.57. The third-order valence-electron chi connectivity index (χ3n) is 7.77. The fourth-order valence-electron chi connectivity index (χ4n) is 4.78. The maximum atomic E-state index is 13.5. The number of ketones is 1. The second kappa shape index (κ2) is 14.1. The van der Waals surface area contributed by atoms with E-state index in [9.17, 15) is 24.0 Å². The Morgan fingerprint density at radius 3 is 1.56 bits per heavy atom. The molecule has 11 heteroatoms. The standard InChI is InChI=1S/C34H57NO10/c1-19(2)21-17-20(36)15-16-35(21)26-25(45-30(40)34(12,13)14)24(44-29(39)33(9,10)11)23(43-28(38)32(6,7)8)22(42-26)18-41-27(37)31(3,4)5/h19,21-26H,15-18H2,1-14H3. The summed E-state index contributed by atoms with van der Waals surface area (Å²) in [4.78, 5) is 67.8. The molecule has 0 bridgehead atoms. The lowest BCUT2D eigenvalue weighted by Gasteiger charge is -2.51. The topological polar surface area (TPSA) is 135 Å². The highest BCUT2D eigenvalue weighted by Crippen LogP contribution is 2.37. The molecule has 0 aliphatic carbocycles. The summed E-state index contributed by atoms with van der Waals surface area (Å²) in [6.45, 7) is 24.3. The third-order valence-corrected chi connectivity index (χ3v) is 7.77. The van der Waals surface area contributed by atoms with E-state index >= 15 is 0 Å². The molecular formula is C34H57NO10. The Hall–Kier alpha value is -2.53. The van der Waals surface area contributed by atoms with E-state index in [0.717, 1.165) is 0 Å². The number of carbonyl (C=O) groups is 5. The molecule has 0 aromatic carbocycles.